The summed E-state index contributed by atoms with van der Waals surface area (Å²) in [5, 5.41) is 9.18. The van der Waals surface area contributed by atoms with Crippen LogP contribution in [0.2, 0.25) is 0 Å². The monoisotopic (exact) mass is 260 g/mol. The lowest BCUT2D eigenvalue weighted by Gasteiger charge is -2.24. The van der Waals surface area contributed by atoms with E-state index >= 15 is 0 Å². The van der Waals surface area contributed by atoms with Gasteiger partial charge in [0.1, 0.15) is 0 Å². The molecule has 17 heavy (non-hydrogen) atoms. The molecule has 100 valence electrons. The fourth-order valence-corrected chi connectivity index (χ4v) is 3.21. The van der Waals surface area contributed by atoms with Crippen molar-refractivity contribution in [3.05, 3.63) is 0 Å². The maximum atomic E-state index is 11.9. The fraction of sp³-hybridized carbons (Fsp3) is 0.917. The molecule has 0 bridgehead atoms. The van der Waals surface area contributed by atoms with Gasteiger partial charge in [0.15, 0.2) is 4.75 Å². The predicted molar refractivity (Wildman–Crippen MR) is 70.0 cm³/mol. The van der Waals surface area contributed by atoms with Crippen molar-refractivity contribution in [2.45, 2.75) is 63.5 Å². The van der Waals surface area contributed by atoms with Gasteiger partial charge in [0, 0.05) is 0 Å². The highest BCUT2D eigenvalue weighted by Crippen LogP contribution is 2.27. The van der Waals surface area contributed by atoms with E-state index in [0.29, 0.717) is 12.8 Å². The van der Waals surface area contributed by atoms with Crippen LogP contribution in [-0.4, -0.2) is 20.2 Å². The van der Waals surface area contributed by atoms with Crippen molar-refractivity contribution in [2.75, 3.05) is 7.05 Å². The molecule has 0 spiro atoms. The summed E-state index contributed by atoms with van der Waals surface area (Å²) >= 11 is 0. The summed E-state index contributed by atoms with van der Waals surface area (Å²) in [4.78, 5) is 0. The summed E-state index contributed by atoms with van der Waals surface area (Å²) < 4.78 is 24.8. The first kappa shape index (κ1) is 16.4. The van der Waals surface area contributed by atoms with E-state index in [4.69, 9.17) is 0 Å². The molecule has 0 aromatic carbocycles. The first-order valence-corrected chi connectivity index (χ1v) is 7.82. The second-order valence-corrected chi connectivity index (χ2v) is 6.53. The molecule has 5 heteroatoms. The molecule has 0 amide bonds. The minimum absolute atomic E-state index is 0.334. The van der Waals surface area contributed by atoms with Crippen LogP contribution in [-0.2, 0) is 10.0 Å². The highest BCUT2D eigenvalue weighted by atomic mass is 32.2. The van der Waals surface area contributed by atoms with E-state index in [0.717, 1.165) is 25.7 Å². The molecule has 0 aliphatic carbocycles. The summed E-state index contributed by atoms with van der Waals surface area (Å²) in [6.07, 6.45) is 5.99. The molecule has 0 fully saturated rings. The maximum Gasteiger partial charge on any atom is 0.230 e. The first-order valence-electron chi connectivity index (χ1n) is 6.34. The first-order chi connectivity index (χ1) is 7.99. The summed E-state index contributed by atoms with van der Waals surface area (Å²) in [6.45, 7) is 3.89. The Labute approximate surface area is 105 Å². The average Bonchev–Trinajstić information content (AvgIpc) is 2.34. The average molecular weight is 260 g/mol. The van der Waals surface area contributed by atoms with Crippen LogP contribution in [0.1, 0.15) is 58.8 Å². The number of nitrogens with one attached hydrogen (secondary N) is 1. The van der Waals surface area contributed by atoms with Gasteiger partial charge in [-0.2, -0.15) is 5.26 Å². The van der Waals surface area contributed by atoms with Crippen LogP contribution in [0.4, 0.5) is 0 Å². The van der Waals surface area contributed by atoms with Gasteiger partial charge in [-0.25, -0.2) is 13.1 Å². The standard InChI is InChI=1S/C12H24N2O2S/c1-4-6-7-8-9-10-12(5-2,11-13)17(15,16)14-3/h14H,4-10H2,1-3H3. The van der Waals surface area contributed by atoms with Crippen LogP contribution in [0, 0.1) is 11.3 Å². The number of hydrogen-bond donors (Lipinski definition) is 1. The zero-order valence-electron chi connectivity index (χ0n) is 11.1. The third-order valence-corrected chi connectivity index (χ3v) is 5.39. The Hall–Kier alpha value is -0.600. The molecule has 0 saturated heterocycles. The largest absolute Gasteiger partial charge is 0.230 e. The Morgan fingerprint density at radius 2 is 1.76 bits per heavy atom. The second kappa shape index (κ2) is 7.67. The summed E-state index contributed by atoms with van der Waals surface area (Å²) in [7, 11) is -2.16. The molecular formula is C12H24N2O2S. The lowest BCUT2D eigenvalue weighted by Crippen LogP contribution is -2.43. The minimum Gasteiger partial charge on any atom is -0.217 e. The van der Waals surface area contributed by atoms with Crippen LogP contribution in [0.5, 0.6) is 0 Å². The molecule has 0 saturated carbocycles. The lowest BCUT2D eigenvalue weighted by molar-refractivity contribution is 0.496. The summed E-state index contributed by atoms with van der Waals surface area (Å²) in [5.74, 6) is 0. The molecule has 0 aromatic heterocycles. The van der Waals surface area contributed by atoms with Crippen LogP contribution in [0.15, 0.2) is 0 Å². The highest BCUT2D eigenvalue weighted by Gasteiger charge is 2.41. The molecule has 1 N–H and O–H groups in total. The number of unbranched alkanes of at least 4 members (excludes halogenated alkanes) is 4. The minimum atomic E-state index is -3.53. The van der Waals surface area contributed by atoms with Crippen LogP contribution in [0.25, 0.3) is 0 Å². The number of rotatable bonds is 9. The van der Waals surface area contributed by atoms with Gasteiger partial charge >= 0.3 is 0 Å². The van der Waals surface area contributed by atoms with Gasteiger partial charge in [0.2, 0.25) is 10.0 Å². The Morgan fingerprint density at radius 1 is 1.18 bits per heavy atom. The van der Waals surface area contributed by atoms with Crippen molar-refractivity contribution in [3.8, 4) is 6.07 Å². The van der Waals surface area contributed by atoms with E-state index in [1.807, 2.05) is 6.07 Å². The number of sulfonamides is 1. The number of nitrogens with zero attached hydrogens (tertiary/aromatic N) is 1. The summed E-state index contributed by atoms with van der Waals surface area (Å²) in [6, 6.07) is 2.00. The van der Waals surface area contributed by atoms with Gasteiger partial charge in [-0.05, 0) is 19.9 Å². The van der Waals surface area contributed by atoms with Gasteiger partial charge in [-0.1, -0.05) is 46.0 Å². The maximum absolute atomic E-state index is 11.9. The van der Waals surface area contributed by atoms with Crippen molar-refractivity contribution in [3.63, 3.8) is 0 Å². The molecule has 1 unspecified atom stereocenters. The van der Waals surface area contributed by atoms with E-state index in [1.54, 1.807) is 6.92 Å². The van der Waals surface area contributed by atoms with Gasteiger partial charge in [0.05, 0.1) is 6.07 Å². The van der Waals surface area contributed by atoms with E-state index in [2.05, 4.69) is 11.6 Å². The van der Waals surface area contributed by atoms with Crippen molar-refractivity contribution in [1.82, 2.24) is 4.72 Å². The third kappa shape index (κ3) is 4.29. The Bertz CT molecular complexity index is 346. The molecular weight excluding hydrogens is 236 g/mol. The van der Waals surface area contributed by atoms with Crippen molar-refractivity contribution >= 4 is 10.0 Å². The molecule has 0 aromatic rings. The fourth-order valence-electron chi connectivity index (χ4n) is 1.91. The molecule has 4 nitrogen and oxygen atoms in total. The SMILES string of the molecule is CCCCCCCC(C#N)(CC)S(=O)(=O)NC. The van der Waals surface area contributed by atoms with E-state index in [1.165, 1.54) is 13.5 Å². The Morgan fingerprint density at radius 3 is 2.18 bits per heavy atom. The Balaban J connectivity index is 4.50. The van der Waals surface area contributed by atoms with Gasteiger partial charge in [-0.15, -0.1) is 0 Å². The topological polar surface area (TPSA) is 70.0 Å². The summed E-state index contributed by atoms with van der Waals surface area (Å²) in [5.41, 5.74) is 0. The quantitative estimate of drug-likeness (QED) is 0.648. The van der Waals surface area contributed by atoms with Gasteiger partial charge in [-0.3, -0.25) is 0 Å². The van der Waals surface area contributed by atoms with E-state index < -0.39 is 14.8 Å². The van der Waals surface area contributed by atoms with Gasteiger partial charge < -0.3 is 0 Å². The molecule has 0 rings (SSSR count). The zero-order chi connectivity index (χ0) is 13.4. The lowest BCUT2D eigenvalue weighted by atomic mass is 9.98. The van der Waals surface area contributed by atoms with Crippen molar-refractivity contribution in [2.24, 2.45) is 0 Å². The van der Waals surface area contributed by atoms with Gasteiger partial charge in [0.25, 0.3) is 0 Å². The van der Waals surface area contributed by atoms with Crippen LogP contribution >= 0.6 is 0 Å². The van der Waals surface area contributed by atoms with E-state index in [9.17, 15) is 13.7 Å². The predicted octanol–water partition coefficient (Wildman–Crippen LogP) is 2.57. The zero-order valence-corrected chi connectivity index (χ0v) is 11.9. The van der Waals surface area contributed by atoms with Crippen LogP contribution < -0.4 is 4.72 Å². The number of hydrogen-bond acceptors (Lipinski definition) is 3. The van der Waals surface area contributed by atoms with Crippen LogP contribution in [0.3, 0.4) is 0 Å². The normalized spacial score (nSPS) is 15.2. The smallest absolute Gasteiger partial charge is 0.217 e. The molecule has 0 aliphatic rings. The van der Waals surface area contributed by atoms with Crippen molar-refractivity contribution in [1.29, 1.82) is 5.26 Å². The molecule has 1 atom stereocenters. The number of nitriles is 1. The highest BCUT2D eigenvalue weighted by molar-refractivity contribution is 7.91. The van der Waals surface area contributed by atoms with Crippen molar-refractivity contribution < 1.29 is 8.42 Å². The van der Waals surface area contributed by atoms with E-state index in [-0.39, 0.29) is 0 Å². The third-order valence-electron chi connectivity index (χ3n) is 3.24. The second-order valence-electron chi connectivity index (χ2n) is 4.33. The molecule has 0 radical (unpaired) electrons. The molecule has 0 heterocycles. The molecule has 0 aliphatic heterocycles. The Kier molecular flexibility index (Phi) is 7.40.